The standard InChI is InChI=1S/C18H37NO/c1-5-6-7-8-9-12-15-20-18(13-10-11-14-18)16-19-17(2,3)4/h19H,5-16H2,1-4H3. The third kappa shape index (κ3) is 7.64. The molecule has 0 spiro atoms. The average molecular weight is 284 g/mol. The molecular formula is C18H37NO. The molecule has 20 heavy (non-hydrogen) atoms. The lowest BCUT2D eigenvalue weighted by molar-refractivity contribution is -0.0440. The van der Waals surface area contributed by atoms with E-state index in [0.717, 1.165) is 13.2 Å². The number of unbranched alkanes of at least 4 members (excludes halogenated alkanes) is 5. The lowest BCUT2D eigenvalue weighted by Gasteiger charge is -2.33. The lowest BCUT2D eigenvalue weighted by Crippen LogP contribution is -2.48. The van der Waals surface area contributed by atoms with Crippen molar-refractivity contribution in [3.8, 4) is 0 Å². The van der Waals surface area contributed by atoms with Crippen LogP contribution in [0.4, 0.5) is 0 Å². The summed E-state index contributed by atoms with van der Waals surface area (Å²) in [7, 11) is 0. The maximum atomic E-state index is 6.33. The summed E-state index contributed by atoms with van der Waals surface area (Å²) in [5.74, 6) is 0. The molecule has 0 aromatic carbocycles. The zero-order valence-corrected chi connectivity index (χ0v) is 14.4. The maximum absolute atomic E-state index is 6.33. The van der Waals surface area contributed by atoms with Crippen LogP contribution in [0.1, 0.15) is 91.9 Å². The number of hydrogen-bond acceptors (Lipinski definition) is 2. The van der Waals surface area contributed by atoms with Crippen molar-refractivity contribution in [2.75, 3.05) is 13.2 Å². The van der Waals surface area contributed by atoms with Crippen LogP contribution in [0.2, 0.25) is 0 Å². The molecule has 0 atom stereocenters. The van der Waals surface area contributed by atoms with Gasteiger partial charge in [-0.05, 0) is 40.0 Å². The minimum Gasteiger partial charge on any atom is -0.374 e. The minimum absolute atomic E-state index is 0.136. The van der Waals surface area contributed by atoms with Crippen molar-refractivity contribution in [1.29, 1.82) is 0 Å². The van der Waals surface area contributed by atoms with Crippen molar-refractivity contribution in [2.24, 2.45) is 0 Å². The quantitative estimate of drug-likeness (QED) is 0.566. The number of nitrogens with one attached hydrogen (secondary N) is 1. The first-order valence-electron chi connectivity index (χ1n) is 8.86. The van der Waals surface area contributed by atoms with E-state index in [0.29, 0.717) is 0 Å². The minimum atomic E-state index is 0.136. The molecule has 0 unspecified atom stereocenters. The van der Waals surface area contributed by atoms with Crippen molar-refractivity contribution in [3.63, 3.8) is 0 Å². The molecule has 1 rings (SSSR count). The zero-order valence-electron chi connectivity index (χ0n) is 14.4. The van der Waals surface area contributed by atoms with Crippen LogP contribution in [-0.2, 0) is 4.74 Å². The summed E-state index contributed by atoms with van der Waals surface area (Å²) in [5, 5.41) is 3.65. The molecule has 1 aliphatic carbocycles. The van der Waals surface area contributed by atoms with Gasteiger partial charge < -0.3 is 10.1 Å². The summed E-state index contributed by atoms with van der Waals surface area (Å²) < 4.78 is 6.33. The molecule has 1 fully saturated rings. The lowest BCUT2D eigenvalue weighted by atomic mass is 9.99. The Bertz CT molecular complexity index is 238. The van der Waals surface area contributed by atoms with Gasteiger partial charge in [0.15, 0.2) is 0 Å². The van der Waals surface area contributed by atoms with E-state index >= 15 is 0 Å². The van der Waals surface area contributed by atoms with E-state index in [9.17, 15) is 0 Å². The van der Waals surface area contributed by atoms with Crippen LogP contribution in [0.5, 0.6) is 0 Å². The van der Waals surface area contributed by atoms with Gasteiger partial charge in [0.1, 0.15) is 0 Å². The molecule has 0 aliphatic heterocycles. The van der Waals surface area contributed by atoms with E-state index in [1.807, 2.05) is 0 Å². The first kappa shape index (κ1) is 18.0. The van der Waals surface area contributed by atoms with Crippen LogP contribution in [0.25, 0.3) is 0 Å². The molecule has 1 saturated carbocycles. The predicted molar refractivity (Wildman–Crippen MR) is 88.3 cm³/mol. The Balaban J connectivity index is 2.18. The molecule has 0 aromatic heterocycles. The van der Waals surface area contributed by atoms with Crippen molar-refractivity contribution in [1.82, 2.24) is 5.32 Å². The smallest absolute Gasteiger partial charge is 0.0806 e. The third-order valence-electron chi connectivity index (χ3n) is 4.36. The van der Waals surface area contributed by atoms with Crippen molar-refractivity contribution >= 4 is 0 Å². The fourth-order valence-electron chi connectivity index (χ4n) is 2.99. The van der Waals surface area contributed by atoms with Gasteiger partial charge in [0, 0.05) is 18.7 Å². The molecule has 1 N–H and O–H groups in total. The maximum Gasteiger partial charge on any atom is 0.0806 e. The highest BCUT2D eigenvalue weighted by molar-refractivity contribution is 4.90. The normalized spacial score (nSPS) is 18.6. The number of ether oxygens (including phenoxy) is 1. The Kier molecular flexibility index (Phi) is 8.13. The second kappa shape index (κ2) is 9.04. The highest BCUT2D eigenvalue weighted by Crippen LogP contribution is 2.33. The van der Waals surface area contributed by atoms with E-state index in [1.165, 1.54) is 64.2 Å². The number of hydrogen-bond donors (Lipinski definition) is 1. The Morgan fingerprint density at radius 3 is 2.15 bits per heavy atom. The van der Waals surface area contributed by atoms with Gasteiger partial charge in [-0.25, -0.2) is 0 Å². The number of rotatable bonds is 10. The van der Waals surface area contributed by atoms with Crippen molar-refractivity contribution in [3.05, 3.63) is 0 Å². The van der Waals surface area contributed by atoms with Crippen LogP contribution in [0.3, 0.4) is 0 Å². The topological polar surface area (TPSA) is 21.3 Å². The van der Waals surface area contributed by atoms with Crippen LogP contribution in [0, 0.1) is 0 Å². The van der Waals surface area contributed by atoms with Gasteiger partial charge in [0.2, 0.25) is 0 Å². The van der Waals surface area contributed by atoms with E-state index in [-0.39, 0.29) is 11.1 Å². The van der Waals surface area contributed by atoms with Crippen LogP contribution >= 0.6 is 0 Å². The van der Waals surface area contributed by atoms with E-state index in [1.54, 1.807) is 0 Å². The fraction of sp³-hybridized carbons (Fsp3) is 1.00. The Morgan fingerprint density at radius 2 is 1.55 bits per heavy atom. The van der Waals surface area contributed by atoms with Gasteiger partial charge in [0.05, 0.1) is 5.60 Å². The van der Waals surface area contributed by atoms with E-state index in [2.05, 4.69) is 33.0 Å². The van der Waals surface area contributed by atoms with E-state index in [4.69, 9.17) is 4.74 Å². The van der Waals surface area contributed by atoms with Gasteiger partial charge in [-0.3, -0.25) is 0 Å². The molecule has 0 amide bonds. The van der Waals surface area contributed by atoms with Crippen molar-refractivity contribution in [2.45, 2.75) is 103 Å². The predicted octanol–water partition coefficient (Wildman–Crippen LogP) is 5.06. The first-order valence-corrected chi connectivity index (χ1v) is 8.86. The van der Waals surface area contributed by atoms with Gasteiger partial charge in [-0.1, -0.05) is 51.9 Å². The fourth-order valence-corrected chi connectivity index (χ4v) is 2.99. The molecule has 2 nitrogen and oxygen atoms in total. The average Bonchev–Trinajstić information content (AvgIpc) is 2.84. The molecule has 0 aromatic rings. The zero-order chi connectivity index (χ0) is 14.9. The monoisotopic (exact) mass is 283 g/mol. The molecule has 0 heterocycles. The molecule has 1 aliphatic rings. The SMILES string of the molecule is CCCCCCCCOC1(CNC(C)(C)C)CCCC1. The van der Waals surface area contributed by atoms with Gasteiger partial charge in [0.25, 0.3) is 0 Å². The van der Waals surface area contributed by atoms with E-state index < -0.39 is 0 Å². The molecular weight excluding hydrogens is 246 g/mol. The van der Waals surface area contributed by atoms with Crippen molar-refractivity contribution < 1.29 is 4.74 Å². The molecule has 120 valence electrons. The Hall–Kier alpha value is -0.0800. The second-order valence-electron chi connectivity index (χ2n) is 7.61. The van der Waals surface area contributed by atoms with Crippen LogP contribution < -0.4 is 5.32 Å². The Labute approximate surface area is 127 Å². The van der Waals surface area contributed by atoms with Gasteiger partial charge in [-0.15, -0.1) is 0 Å². The Morgan fingerprint density at radius 1 is 0.950 bits per heavy atom. The third-order valence-corrected chi connectivity index (χ3v) is 4.36. The van der Waals surface area contributed by atoms with Crippen LogP contribution in [-0.4, -0.2) is 24.3 Å². The molecule has 0 radical (unpaired) electrons. The highest BCUT2D eigenvalue weighted by Gasteiger charge is 2.35. The largest absolute Gasteiger partial charge is 0.374 e. The summed E-state index contributed by atoms with van der Waals surface area (Å²) >= 11 is 0. The first-order chi connectivity index (χ1) is 9.47. The highest BCUT2D eigenvalue weighted by atomic mass is 16.5. The molecule has 0 bridgehead atoms. The molecule has 0 saturated heterocycles. The summed E-state index contributed by atoms with van der Waals surface area (Å²) in [5.41, 5.74) is 0.329. The van der Waals surface area contributed by atoms with Gasteiger partial charge >= 0.3 is 0 Å². The van der Waals surface area contributed by atoms with Gasteiger partial charge in [-0.2, -0.15) is 0 Å². The summed E-state index contributed by atoms with van der Waals surface area (Å²) in [4.78, 5) is 0. The summed E-state index contributed by atoms with van der Waals surface area (Å²) in [6, 6.07) is 0. The second-order valence-corrected chi connectivity index (χ2v) is 7.61. The summed E-state index contributed by atoms with van der Waals surface area (Å²) in [6.45, 7) is 11.0. The molecule has 2 heteroatoms. The summed E-state index contributed by atoms with van der Waals surface area (Å²) in [6.07, 6.45) is 13.2. The van der Waals surface area contributed by atoms with Crippen LogP contribution in [0.15, 0.2) is 0 Å².